The molecule has 0 saturated heterocycles. The molecule has 0 aromatic heterocycles. The Hall–Kier alpha value is -3.69. The number of nitrogens with zero attached hydrogens (tertiary/aromatic N) is 1. The molecule has 1 amide bonds. The maximum Gasteiger partial charge on any atom is 0.278 e. The molecule has 1 heterocycles. The first-order valence-electron chi connectivity index (χ1n) is 10.0. The third kappa shape index (κ3) is 2.89. The summed E-state index contributed by atoms with van der Waals surface area (Å²) in [6.45, 7) is 0. The molecule has 5 rings (SSSR count). The fourth-order valence-electron chi connectivity index (χ4n) is 4.50. The van der Waals surface area contributed by atoms with Gasteiger partial charge in [-0.05, 0) is 34.9 Å². The van der Waals surface area contributed by atoms with Crippen LogP contribution >= 0.6 is 11.6 Å². The monoisotopic (exact) mass is 422 g/mol. The lowest BCUT2D eigenvalue weighted by molar-refractivity contribution is -0.113. The first-order chi connectivity index (χ1) is 15.1. The maximum atomic E-state index is 13.7. The van der Waals surface area contributed by atoms with Crippen molar-refractivity contribution in [3.63, 3.8) is 0 Å². The zero-order valence-electron chi connectivity index (χ0n) is 16.6. The van der Waals surface area contributed by atoms with Crippen molar-refractivity contribution in [2.24, 2.45) is 0 Å². The second-order valence-electron chi connectivity index (χ2n) is 7.49. The van der Waals surface area contributed by atoms with Crippen LogP contribution in [0.3, 0.4) is 0 Å². The first kappa shape index (κ1) is 19.3. The zero-order chi connectivity index (χ0) is 21.4. The minimum absolute atomic E-state index is 0.0289. The van der Waals surface area contributed by atoms with Gasteiger partial charge in [-0.3, -0.25) is 15.1 Å². The minimum Gasteiger partial charge on any atom is -0.295 e. The second-order valence-corrected chi connectivity index (χ2v) is 7.92. The van der Waals surface area contributed by atoms with E-state index < -0.39 is 5.54 Å². The molecule has 0 fully saturated rings. The van der Waals surface area contributed by atoms with E-state index in [1.54, 1.807) is 23.1 Å². The summed E-state index contributed by atoms with van der Waals surface area (Å²) in [7, 11) is 0. The number of benzene rings is 4. The van der Waals surface area contributed by atoms with Crippen molar-refractivity contribution in [3.8, 4) is 0 Å². The van der Waals surface area contributed by atoms with E-state index in [2.05, 4.69) is 0 Å². The number of carbonyl (C=O) groups is 1. The highest BCUT2D eigenvalue weighted by Gasteiger charge is 2.50. The lowest BCUT2D eigenvalue weighted by Gasteiger charge is -2.43. The molecule has 31 heavy (non-hydrogen) atoms. The molecule has 0 atom stereocenters. The van der Waals surface area contributed by atoms with E-state index in [4.69, 9.17) is 17.0 Å². The topological polar surface area (TPSA) is 44.2 Å². The van der Waals surface area contributed by atoms with Crippen LogP contribution in [0.15, 0.2) is 109 Å². The number of fused-ring (bicyclic) bond motifs is 1. The Bertz CT molecular complexity index is 1170. The Morgan fingerprint density at radius 2 is 1.13 bits per heavy atom. The van der Waals surface area contributed by atoms with Gasteiger partial charge in [0, 0.05) is 10.6 Å². The Kier molecular flexibility index (Phi) is 4.68. The van der Waals surface area contributed by atoms with Crippen LogP contribution in [-0.4, -0.2) is 11.6 Å². The lowest BCUT2D eigenvalue weighted by atomic mass is 9.75. The molecule has 0 saturated carbocycles. The van der Waals surface area contributed by atoms with E-state index in [0.29, 0.717) is 16.3 Å². The number of rotatable bonds is 4. The number of anilines is 1. The average Bonchev–Trinajstić information content (AvgIpc) is 3.07. The zero-order valence-corrected chi connectivity index (χ0v) is 17.4. The summed E-state index contributed by atoms with van der Waals surface area (Å²) in [4.78, 5) is 15.4. The summed E-state index contributed by atoms with van der Waals surface area (Å²) < 4.78 is 0. The standard InChI is InChI=1S/C27H19ClN2O/c28-22-16-17-23-24(18-22)30(26(31)25(23)29)27(19-10-4-1-5-11-19,20-12-6-2-7-13-20)21-14-8-3-9-15-21/h1-18,29H. The molecule has 4 heteroatoms. The molecule has 1 aliphatic rings. The van der Waals surface area contributed by atoms with Crippen molar-refractivity contribution in [1.29, 1.82) is 5.41 Å². The average molecular weight is 423 g/mol. The quantitative estimate of drug-likeness (QED) is 0.400. The first-order valence-corrected chi connectivity index (χ1v) is 10.4. The van der Waals surface area contributed by atoms with Gasteiger partial charge < -0.3 is 0 Å². The van der Waals surface area contributed by atoms with Crippen LogP contribution < -0.4 is 4.90 Å². The third-order valence-corrected chi connectivity index (χ3v) is 6.03. The molecule has 0 unspecified atom stereocenters. The van der Waals surface area contributed by atoms with Gasteiger partial charge in [0.2, 0.25) is 0 Å². The van der Waals surface area contributed by atoms with Crippen molar-refractivity contribution in [1.82, 2.24) is 0 Å². The van der Waals surface area contributed by atoms with Gasteiger partial charge in [0.05, 0.1) is 5.69 Å². The molecule has 0 bridgehead atoms. The molecule has 4 aromatic rings. The van der Waals surface area contributed by atoms with Gasteiger partial charge in [0.25, 0.3) is 5.91 Å². The second kappa shape index (κ2) is 7.53. The number of hydrogen-bond donors (Lipinski definition) is 1. The predicted octanol–water partition coefficient (Wildman–Crippen LogP) is 6.05. The highest BCUT2D eigenvalue weighted by atomic mass is 35.5. The number of hydrogen-bond acceptors (Lipinski definition) is 2. The number of amides is 1. The molecule has 1 aliphatic heterocycles. The third-order valence-electron chi connectivity index (χ3n) is 5.80. The van der Waals surface area contributed by atoms with Crippen LogP contribution in [-0.2, 0) is 10.3 Å². The summed E-state index contributed by atoms with van der Waals surface area (Å²) in [5.41, 5.74) is 3.02. The summed E-state index contributed by atoms with van der Waals surface area (Å²) in [6.07, 6.45) is 0. The van der Waals surface area contributed by atoms with Gasteiger partial charge in [-0.25, -0.2) is 0 Å². The van der Waals surface area contributed by atoms with Gasteiger partial charge in [0.1, 0.15) is 11.3 Å². The molecule has 0 aliphatic carbocycles. The van der Waals surface area contributed by atoms with Crippen LogP contribution in [0, 0.1) is 5.41 Å². The SMILES string of the molecule is N=C1C(=O)N(C(c2ccccc2)(c2ccccc2)c2ccccc2)c2cc(Cl)ccc21. The summed E-state index contributed by atoms with van der Waals surface area (Å²) in [6, 6.07) is 35.1. The number of nitrogens with one attached hydrogen (secondary N) is 1. The largest absolute Gasteiger partial charge is 0.295 e. The fraction of sp³-hybridized carbons (Fsp3) is 0.0370. The van der Waals surface area contributed by atoms with Crippen LogP contribution in [0.25, 0.3) is 0 Å². The van der Waals surface area contributed by atoms with Gasteiger partial charge in [-0.1, -0.05) is 103 Å². The number of carbonyl (C=O) groups excluding carboxylic acids is 1. The molecule has 3 nitrogen and oxygen atoms in total. The molecule has 0 spiro atoms. The Morgan fingerprint density at radius 1 is 0.677 bits per heavy atom. The van der Waals surface area contributed by atoms with E-state index in [9.17, 15) is 4.79 Å². The van der Waals surface area contributed by atoms with Crippen molar-refractivity contribution in [2.75, 3.05) is 4.90 Å². The highest BCUT2D eigenvalue weighted by Crippen LogP contribution is 2.48. The lowest BCUT2D eigenvalue weighted by Crippen LogP contribution is -2.51. The Morgan fingerprint density at radius 3 is 1.58 bits per heavy atom. The smallest absolute Gasteiger partial charge is 0.278 e. The van der Waals surface area contributed by atoms with E-state index in [0.717, 1.165) is 16.7 Å². The van der Waals surface area contributed by atoms with Crippen LogP contribution in [0.5, 0.6) is 0 Å². The summed E-state index contributed by atoms with van der Waals surface area (Å²) in [5.74, 6) is -0.353. The molecule has 1 N–H and O–H groups in total. The van der Waals surface area contributed by atoms with Crippen LogP contribution in [0.1, 0.15) is 22.3 Å². The van der Waals surface area contributed by atoms with E-state index in [1.807, 2.05) is 91.0 Å². The molecule has 0 radical (unpaired) electrons. The van der Waals surface area contributed by atoms with Crippen LogP contribution in [0.2, 0.25) is 5.02 Å². The van der Waals surface area contributed by atoms with Gasteiger partial charge >= 0.3 is 0 Å². The molecular formula is C27H19ClN2O. The summed E-state index contributed by atoms with van der Waals surface area (Å²) >= 11 is 6.36. The van der Waals surface area contributed by atoms with Gasteiger partial charge in [-0.2, -0.15) is 0 Å². The van der Waals surface area contributed by atoms with Crippen molar-refractivity contribution in [2.45, 2.75) is 5.54 Å². The maximum absolute atomic E-state index is 13.7. The molecule has 150 valence electrons. The summed E-state index contributed by atoms with van der Waals surface area (Å²) in [5, 5.41) is 9.09. The van der Waals surface area contributed by atoms with Crippen molar-refractivity contribution < 1.29 is 4.79 Å². The van der Waals surface area contributed by atoms with E-state index in [-0.39, 0.29) is 11.6 Å². The molecule has 4 aromatic carbocycles. The van der Waals surface area contributed by atoms with Gasteiger partial charge in [0.15, 0.2) is 0 Å². The van der Waals surface area contributed by atoms with E-state index >= 15 is 0 Å². The predicted molar refractivity (Wildman–Crippen MR) is 125 cm³/mol. The molecular weight excluding hydrogens is 404 g/mol. The normalized spacial score (nSPS) is 13.4. The van der Waals surface area contributed by atoms with Crippen molar-refractivity contribution >= 4 is 28.9 Å². The van der Waals surface area contributed by atoms with Gasteiger partial charge in [-0.15, -0.1) is 0 Å². The van der Waals surface area contributed by atoms with Crippen LogP contribution in [0.4, 0.5) is 5.69 Å². The van der Waals surface area contributed by atoms with E-state index in [1.165, 1.54) is 0 Å². The Balaban J connectivity index is 1.94. The number of halogens is 1. The Labute approximate surface area is 186 Å². The minimum atomic E-state index is -0.969. The highest BCUT2D eigenvalue weighted by molar-refractivity contribution is 6.54. The van der Waals surface area contributed by atoms with Crippen molar-refractivity contribution in [3.05, 3.63) is 136 Å². The fourth-order valence-corrected chi connectivity index (χ4v) is 4.66.